The second-order valence-electron chi connectivity index (χ2n) is 5.40. The van der Waals surface area contributed by atoms with E-state index in [1.807, 2.05) is 0 Å². The smallest absolute Gasteiger partial charge is 0.340 e. The zero-order valence-corrected chi connectivity index (χ0v) is 12.5. The summed E-state index contributed by atoms with van der Waals surface area (Å²) in [5.74, 6) is -0.858. The molecule has 0 saturated heterocycles. The first-order chi connectivity index (χ1) is 11.2. The lowest BCUT2D eigenvalue weighted by Gasteiger charge is -2.12. The number of carbonyl (C=O) groups excluding carboxylic acids is 2. The Kier molecular flexibility index (Phi) is 4.60. The Hall–Kier alpha value is -2.77. The third kappa shape index (κ3) is 3.71. The summed E-state index contributed by atoms with van der Waals surface area (Å²) in [4.78, 5) is 24.0. The number of carbonyl (C=O) groups is 2. The number of aromatic nitrogens is 4. The number of nitrogens with one attached hydrogen (secondary N) is 1. The van der Waals surface area contributed by atoms with Crippen molar-refractivity contribution in [1.29, 1.82) is 0 Å². The number of ether oxygens (including phenoxy) is 1. The highest BCUT2D eigenvalue weighted by Gasteiger charge is 2.19. The fourth-order valence-corrected chi connectivity index (χ4v) is 2.67. The molecule has 0 unspecified atom stereocenters. The predicted octanol–water partition coefficient (Wildman–Crippen LogP) is 0.878. The van der Waals surface area contributed by atoms with Crippen molar-refractivity contribution in [1.82, 2.24) is 25.5 Å². The number of amides is 1. The summed E-state index contributed by atoms with van der Waals surface area (Å²) in [6.07, 6.45) is 5.62. The summed E-state index contributed by atoms with van der Waals surface area (Å²) >= 11 is 0. The molecule has 1 aliphatic rings. The van der Waals surface area contributed by atoms with Crippen LogP contribution in [0.4, 0.5) is 0 Å². The van der Waals surface area contributed by atoms with Crippen molar-refractivity contribution in [3.05, 3.63) is 36.2 Å². The van der Waals surface area contributed by atoms with Crippen LogP contribution in [0.5, 0.6) is 0 Å². The molecule has 0 spiro atoms. The van der Waals surface area contributed by atoms with Crippen molar-refractivity contribution in [3.8, 4) is 5.69 Å². The minimum Gasteiger partial charge on any atom is -0.452 e. The fraction of sp³-hybridized carbons (Fsp3) is 0.400. The van der Waals surface area contributed by atoms with Gasteiger partial charge < -0.3 is 10.1 Å². The Balaban J connectivity index is 1.61. The number of rotatable bonds is 5. The van der Waals surface area contributed by atoms with Gasteiger partial charge in [0.2, 0.25) is 0 Å². The van der Waals surface area contributed by atoms with Crippen LogP contribution in [0.1, 0.15) is 36.0 Å². The molecule has 1 aromatic carbocycles. The van der Waals surface area contributed by atoms with E-state index in [-0.39, 0.29) is 18.6 Å². The van der Waals surface area contributed by atoms with Crippen LogP contribution in [-0.4, -0.2) is 44.7 Å². The lowest BCUT2D eigenvalue weighted by atomic mass is 10.2. The van der Waals surface area contributed by atoms with Gasteiger partial charge in [-0.15, -0.1) is 5.10 Å². The van der Waals surface area contributed by atoms with Crippen LogP contribution in [0.25, 0.3) is 5.69 Å². The molecule has 1 amide bonds. The number of esters is 1. The molecular weight excluding hydrogens is 298 g/mol. The summed E-state index contributed by atoms with van der Waals surface area (Å²) in [6.45, 7) is -0.292. The monoisotopic (exact) mass is 315 g/mol. The second kappa shape index (κ2) is 6.99. The van der Waals surface area contributed by atoms with E-state index in [2.05, 4.69) is 20.8 Å². The number of para-hydroxylation sites is 1. The van der Waals surface area contributed by atoms with Crippen LogP contribution >= 0.6 is 0 Å². The van der Waals surface area contributed by atoms with Gasteiger partial charge in [0.15, 0.2) is 6.61 Å². The van der Waals surface area contributed by atoms with E-state index >= 15 is 0 Å². The van der Waals surface area contributed by atoms with Crippen LogP contribution in [-0.2, 0) is 9.53 Å². The molecule has 8 nitrogen and oxygen atoms in total. The molecule has 1 heterocycles. The standard InChI is InChI=1S/C15H17N5O3/c21-14(17-11-5-1-2-6-11)9-23-15(22)12-7-3-4-8-13(12)20-10-16-18-19-20/h3-4,7-8,10-11H,1-2,5-6,9H2,(H,17,21). The summed E-state index contributed by atoms with van der Waals surface area (Å²) in [7, 11) is 0. The van der Waals surface area contributed by atoms with Crippen LogP contribution in [0.2, 0.25) is 0 Å². The third-order valence-corrected chi connectivity index (χ3v) is 3.77. The van der Waals surface area contributed by atoms with Gasteiger partial charge in [-0.3, -0.25) is 4.79 Å². The number of tetrazole rings is 1. The highest BCUT2D eigenvalue weighted by Crippen LogP contribution is 2.17. The molecular formula is C15H17N5O3. The lowest BCUT2D eigenvalue weighted by Crippen LogP contribution is -2.36. The SMILES string of the molecule is O=C(COC(=O)c1ccccc1-n1cnnn1)NC1CCCC1. The largest absolute Gasteiger partial charge is 0.452 e. The molecule has 8 heteroatoms. The van der Waals surface area contributed by atoms with Gasteiger partial charge >= 0.3 is 5.97 Å². The van der Waals surface area contributed by atoms with Crippen molar-refractivity contribution in [3.63, 3.8) is 0 Å². The van der Waals surface area contributed by atoms with Crippen LogP contribution < -0.4 is 5.32 Å². The lowest BCUT2D eigenvalue weighted by molar-refractivity contribution is -0.124. The zero-order chi connectivity index (χ0) is 16.1. The summed E-state index contributed by atoms with van der Waals surface area (Å²) in [6, 6.07) is 6.98. The first-order valence-corrected chi connectivity index (χ1v) is 7.53. The molecule has 1 saturated carbocycles. The maximum Gasteiger partial charge on any atom is 0.340 e. The van der Waals surface area contributed by atoms with Gasteiger partial charge in [0.25, 0.3) is 5.91 Å². The first kappa shape index (κ1) is 15.1. The number of benzene rings is 1. The van der Waals surface area contributed by atoms with Crippen molar-refractivity contribution < 1.29 is 14.3 Å². The molecule has 0 radical (unpaired) electrons. The Morgan fingerprint density at radius 3 is 2.78 bits per heavy atom. The molecule has 120 valence electrons. The van der Waals surface area contributed by atoms with E-state index in [1.165, 1.54) is 11.0 Å². The van der Waals surface area contributed by atoms with E-state index in [1.54, 1.807) is 24.3 Å². The summed E-state index contributed by atoms with van der Waals surface area (Å²) in [5, 5.41) is 13.7. The van der Waals surface area contributed by atoms with Gasteiger partial charge in [-0.05, 0) is 35.4 Å². The van der Waals surface area contributed by atoms with E-state index in [9.17, 15) is 9.59 Å². The molecule has 3 rings (SSSR count). The highest BCUT2D eigenvalue weighted by molar-refractivity contribution is 5.94. The zero-order valence-electron chi connectivity index (χ0n) is 12.5. The normalized spacial score (nSPS) is 14.6. The Morgan fingerprint density at radius 1 is 1.26 bits per heavy atom. The minimum absolute atomic E-state index is 0.203. The van der Waals surface area contributed by atoms with E-state index in [4.69, 9.17) is 4.74 Å². The van der Waals surface area contributed by atoms with Crippen molar-refractivity contribution in [2.45, 2.75) is 31.7 Å². The number of hydrogen-bond donors (Lipinski definition) is 1. The molecule has 0 aliphatic heterocycles. The maximum atomic E-state index is 12.2. The van der Waals surface area contributed by atoms with E-state index < -0.39 is 5.97 Å². The van der Waals surface area contributed by atoms with Gasteiger partial charge in [0, 0.05) is 6.04 Å². The van der Waals surface area contributed by atoms with Crippen molar-refractivity contribution in [2.75, 3.05) is 6.61 Å². The quantitative estimate of drug-likeness (QED) is 0.822. The van der Waals surface area contributed by atoms with Gasteiger partial charge in [0.1, 0.15) is 6.33 Å². The third-order valence-electron chi connectivity index (χ3n) is 3.77. The average Bonchev–Trinajstić information content (AvgIpc) is 3.26. The van der Waals surface area contributed by atoms with E-state index in [0.717, 1.165) is 25.7 Å². The highest BCUT2D eigenvalue weighted by atomic mass is 16.5. The molecule has 0 atom stereocenters. The van der Waals surface area contributed by atoms with Crippen LogP contribution in [0, 0.1) is 0 Å². The predicted molar refractivity (Wildman–Crippen MR) is 79.8 cm³/mol. The number of nitrogens with zero attached hydrogens (tertiary/aromatic N) is 4. The summed E-state index contributed by atoms with van der Waals surface area (Å²) in [5.41, 5.74) is 0.798. The van der Waals surface area contributed by atoms with Gasteiger partial charge in [-0.2, -0.15) is 4.68 Å². The van der Waals surface area contributed by atoms with Gasteiger partial charge in [-0.25, -0.2) is 4.79 Å². The van der Waals surface area contributed by atoms with Crippen LogP contribution in [0.3, 0.4) is 0 Å². The summed E-state index contributed by atoms with van der Waals surface area (Å²) < 4.78 is 6.48. The second-order valence-corrected chi connectivity index (χ2v) is 5.40. The molecule has 1 N–H and O–H groups in total. The van der Waals surface area contributed by atoms with Gasteiger partial charge in [-0.1, -0.05) is 25.0 Å². The fourth-order valence-electron chi connectivity index (χ4n) is 2.67. The number of hydrogen-bond acceptors (Lipinski definition) is 6. The van der Waals surface area contributed by atoms with Gasteiger partial charge in [0.05, 0.1) is 11.3 Å². The Bertz CT molecular complexity index is 680. The minimum atomic E-state index is -0.585. The topological polar surface area (TPSA) is 99.0 Å². The molecule has 2 aromatic rings. The molecule has 1 fully saturated rings. The molecule has 1 aromatic heterocycles. The molecule has 0 bridgehead atoms. The Labute approximate surface area is 132 Å². The Morgan fingerprint density at radius 2 is 2.04 bits per heavy atom. The average molecular weight is 315 g/mol. The van der Waals surface area contributed by atoms with Crippen LogP contribution in [0.15, 0.2) is 30.6 Å². The van der Waals surface area contributed by atoms with Crippen molar-refractivity contribution >= 4 is 11.9 Å². The van der Waals surface area contributed by atoms with Crippen molar-refractivity contribution in [2.24, 2.45) is 0 Å². The molecule has 23 heavy (non-hydrogen) atoms. The first-order valence-electron chi connectivity index (χ1n) is 7.53. The molecule has 1 aliphatic carbocycles. The van der Waals surface area contributed by atoms with E-state index in [0.29, 0.717) is 11.3 Å². The maximum absolute atomic E-state index is 12.2.